The highest BCUT2D eigenvalue weighted by molar-refractivity contribution is 5.52. The quantitative estimate of drug-likeness (QED) is 0.713. The number of aromatic hydroxyl groups is 2. The molecule has 0 aromatic heterocycles. The molecule has 0 saturated heterocycles. The van der Waals surface area contributed by atoms with E-state index in [0.29, 0.717) is 24.7 Å². The minimum absolute atomic E-state index is 0.125. The van der Waals surface area contributed by atoms with Crippen LogP contribution in [0.5, 0.6) is 11.5 Å². The highest BCUT2D eigenvalue weighted by Crippen LogP contribution is 2.47. The van der Waals surface area contributed by atoms with Gasteiger partial charge in [-0.25, -0.2) is 0 Å². The Morgan fingerprint density at radius 3 is 1.57 bits per heavy atom. The van der Waals surface area contributed by atoms with Crippen molar-refractivity contribution in [2.45, 2.75) is 64.6 Å². The third kappa shape index (κ3) is 3.76. The summed E-state index contributed by atoms with van der Waals surface area (Å²) in [5.41, 5.74) is 5.74. The Morgan fingerprint density at radius 1 is 0.750 bits per heavy atom. The molecule has 28 heavy (non-hydrogen) atoms. The molecular weight excluding hydrogens is 352 g/mol. The first-order chi connectivity index (χ1) is 13.4. The van der Waals surface area contributed by atoms with Gasteiger partial charge in [0.1, 0.15) is 11.5 Å². The van der Waals surface area contributed by atoms with Gasteiger partial charge in [0, 0.05) is 30.8 Å². The van der Waals surface area contributed by atoms with Gasteiger partial charge in [0.25, 0.3) is 0 Å². The first kappa shape index (κ1) is 20.7. The highest BCUT2D eigenvalue weighted by Gasteiger charge is 2.37. The first-order valence-corrected chi connectivity index (χ1v) is 10.1. The van der Waals surface area contributed by atoms with E-state index in [0.717, 1.165) is 35.1 Å². The Labute approximate surface area is 168 Å². The van der Waals surface area contributed by atoms with E-state index >= 15 is 0 Å². The molecule has 0 bridgehead atoms. The average molecular weight is 385 g/mol. The lowest BCUT2D eigenvalue weighted by atomic mass is 9.64. The molecular formula is C24H32O4. The average Bonchev–Trinajstić information content (AvgIpc) is 2.69. The predicted molar refractivity (Wildman–Crippen MR) is 111 cm³/mol. The fraction of sp³-hybridized carbons (Fsp3) is 0.500. The lowest BCUT2D eigenvalue weighted by Gasteiger charge is -2.40. The van der Waals surface area contributed by atoms with Crippen molar-refractivity contribution in [2.24, 2.45) is 0 Å². The largest absolute Gasteiger partial charge is 0.507 e. The lowest BCUT2D eigenvalue weighted by Crippen LogP contribution is -2.31. The van der Waals surface area contributed by atoms with Crippen molar-refractivity contribution in [3.8, 4) is 11.5 Å². The molecule has 0 heterocycles. The second kappa shape index (κ2) is 8.54. The summed E-state index contributed by atoms with van der Waals surface area (Å²) in [6.45, 7) is 4.68. The third-order valence-corrected chi connectivity index (χ3v) is 6.17. The van der Waals surface area contributed by atoms with Crippen LogP contribution < -0.4 is 0 Å². The smallest absolute Gasteiger partial charge is 0.124 e. The summed E-state index contributed by atoms with van der Waals surface area (Å²) >= 11 is 0. The van der Waals surface area contributed by atoms with E-state index in [1.165, 1.54) is 30.4 Å². The molecule has 1 aliphatic carbocycles. The van der Waals surface area contributed by atoms with Crippen LogP contribution >= 0.6 is 0 Å². The van der Waals surface area contributed by atoms with Gasteiger partial charge < -0.3 is 19.7 Å². The van der Waals surface area contributed by atoms with Crippen LogP contribution in [0.25, 0.3) is 0 Å². The normalized spacial score (nSPS) is 16.3. The van der Waals surface area contributed by atoms with Crippen molar-refractivity contribution in [3.05, 3.63) is 57.6 Å². The monoisotopic (exact) mass is 384 g/mol. The van der Waals surface area contributed by atoms with Crippen molar-refractivity contribution < 1.29 is 19.7 Å². The Hall–Kier alpha value is -2.04. The molecule has 3 rings (SSSR count). The summed E-state index contributed by atoms with van der Waals surface area (Å²) in [4.78, 5) is 0. The molecule has 1 aliphatic rings. The van der Waals surface area contributed by atoms with Crippen LogP contribution in [0.3, 0.4) is 0 Å². The van der Waals surface area contributed by atoms with Crippen LogP contribution in [0.15, 0.2) is 24.3 Å². The molecule has 1 fully saturated rings. The molecule has 0 amide bonds. The van der Waals surface area contributed by atoms with Gasteiger partial charge in [-0.3, -0.25) is 0 Å². The number of methoxy groups -OCH3 is 2. The van der Waals surface area contributed by atoms with Crippen LogP contribution in [-0.4, -0.2) is 24.4 Å². The second-order valence-electron chi connectivity index (χ2n) is 8.11. The predicted octanol–water partition coefficient (Wildman–Crippen LogP) is 5.26. The van der Waals surface area contributed by atoms with Crippen LogP contribution in [0.4, 0.5) is 0 Å². The molecule has 1 saturated carbocycles. The fourth-order valence-electron chi connectivity index (χ4n) is 4.69. The Bertz CT molecular complexity index is 771. The zero-order valence-corrected chi connectivity index (χ0v) is 17.5. The van der Waals surface area contributed by atoms with Gasteiger partial charge in [-0.1, -0.05) is 31.4 Å². The number of benzene rings is 2. The zero-order valence-electron chi connectivity index (χ0n) is 17.5. The van der Waals surface area contributed by atoms with E-state index in [9.17, 15) is 10.2 Å². The summed E-state index contributed by atoms with van der Waals surface area (Å²) < 4.78 is 10.6. The van der Waals surface area contributed by atoms with Gasteiger partial charge in [0.05, 0.1) is 13.2 Å². The molecule has 0 atom stereocenters. The van der Waals surface area contributed by atoms with Crippen molar-refractivity contribution >= 4 is 0 Å². The summed E-state index contributed by atoms with van der Waals surface area (Å²) in [5.74, 6) is 0.636. The topological polar surface area (TPSA) is 58.9 Å². The van der Waals surface area contributed by atoms with E-state index in [1.54, 1.807) is 14.2 Å². The maximum atomic E-state index is 10.5. The Balaban J connectivity index is 2.20. The maximum Gasteiger partial charge on any atom is 0.124 e. The highest BCUT2D eigenvalue weighted by atomic mass is 16.5. The maximum absolute atomic E-state index is 10.5. The van der Waals surface area contributed by atoms with Crippen molar-refractivity contribution in [1.82, 2.24) is 0 Å². The molecule has 2 aromatic carbocycles. The van der Waals surface area contributed by atoms with Gasteiger partial charge in [-0.05, 0) is 61.1 Å². The molecule has 2 N–H and O–H groups in total. The van der Waals surface area contributed by atoms with E-state index in [-0.39, 0.29) is 5.41 Å². The van der Waals surface area contributed by atoms with E-state index in [4.69, 9.17) is 9.47 Å². The van der Waals surface area contributed by atoms with E-state index in [2.05, 4.69) is 24.3 Å². The number of rotatable bonds is 6. The number of hydrogen-bond donors (Lipinski definition) is 2. The van der Waals surface area contributed by atoms with E-state index in [1.807, 2.05) is 13.8 Å². The standard InChI is InChI=1S/C24H32O4/c1-16-10-20(12-18(14-27-3)22(16)25)24(8-6-5-7-9-24)21-11-17(2)23(26)19(13-21)15-28-4/h10-13,25-26H,5-9,14-15H2,1-4H3. The van der Waals surface area contributed by atoms with Gasteiger partial charge in [0.2, 0.25) is 0 Å². The number of phenols is 2. The van der Waals surface area contributed by atoms with Crippen molar-refractivity contribution in [3.63, 3.8) is 0 Å². The zero-order chi connectivity index (χ0) is 20.3. The molecule has 0 aliphatic heterocycles. The summed E-state index contributed by atoms with van der Waals surface area (Å²) in [7, 11) is 3.30. The van der Waals surface area contributed by atoms with Crippen LogP contribution in [0.2, 0.25) is 0 Å². The van der Waals surface area contributed by atoms with Crippen molar-refractivity contribution in [2.75, 3.05) is 14.2 Å². The van der Waals surface area contributed by atoms with Gasteiger partial charge in [-0.15, -0.1) is 0 Å². The van der Waals surface area contributed by atoms with Gasteiger partial charge in [0.15, 0.2) is 0 Å². The Morgan fingerprint density at radius 2 is 1.18 bits per heavy atom. The summed E-state index contributed by atoms with van der Waals surface area (Å²) in [6, 6.07) is 8.46. The van der Waals surface area contributed by atoms with E-state index < -0.39 is 0 Å². The molecule has 4 nitrogen and oxygen atoms in total. The van der Waals surface area contributed by atoms with Gasteiger partial charge in [-0.2, -0.15) is 0 Å². The summed E-state index contributed by atoms with van der Waals surface area (Å²) in [6.07, 6.45) is 5.68. The van der Waals surface area contributed by atoms with Crippen LogP contribution in [0, 0.1) is 13.8 Å². The molecule has 4 heteroatoms. The Kier molecular flexibility index (Phi) is 6.31. The SMILES string of the molecule is COCc1cc(C2(c3cc(C)c(O)c(COC)c3)CCCCC2)cc(C)c1O. The minimum atomic E-state index is -0.125. The fourth-order valence-corrected chi connectivity index (χ4v) is 4.69. The molecule has 0 unspecified atom stereocenters. The number of phenolic OH excluding ortho intramolecular Hbond substituents is 2. The van der Waals surface area contributed by atoms with Crippen LogP contribution in [0.1, 0.15) is 65.5 Å². The molecule has 2 aromatic rings. The molecule has 152 valence electrons. The number of ether oxygens (including phenoxy) is 2. The minimum Gasteiger partial charge on any atom is -0.507 e. The second-order valence-corrected chi connectivity index (χ2v) is 8.11. The van der Waals surface area contributed by atoms with Crippen LogP contribution in [-0.2, 0) is 28.1 Å². The lowest BCUT2D eigenvalue weighted by molar-refractivity contribution is 0.181. The van der Waals surface area contributed by atoms with Crippen molar-refractivity contribution in [1.29, 1.82) is 0 Å². The van der Waals surface area contributed by atoms with Gasteiger partial charge >= 0.3 is 0 Å². The summed E-state index contributed by atoms with van der Waals surface area (Å²) in [5, 5.41) is 20.9. The number of aryl methyl sites for hydroxylation is 2. The molecule has 0 spiro atoms. The number of hydrogen-bond acceptors (Lipinski definition) is 4. The molecule has 0 radical (unpaired) electrons. The first-order valence-electron chi connectivity index (χ1n) is 10.1. The third-order valence-electron chi connectivity index (χ3n) is 6.17.